The van der Waals surface area contributed by atoms with Gasteiger partial charge in [0.25, 0.3) is 0 Å². The molecule has 1 aliphatic carbocycles. The van der Waals surface area contributed by atoms with E-state index in [1.165, 1.54) is 25.7 Å². The highest BCUT2D eigenvalue weighted by Crippen LogP contribution is 2.31. The van der Waals surface area contributed by atoms with E-state index in [4.69, 9.17) is 9.47 Å². The highest BCUT2D eigenvalue weighted by molar-refractivity contribution is 6.05. The Morgan fingerprint density at radius 1 is 0.793 bits per heavy atom. The summed E-state index contributed by atoms with van der Waals surface area (Å²) in [6.45, 7) is 0. The minimum Gasteiger partial charge on any atom is -0.423 e. The molecule has 148 valence electrons. The fourth-order valence-electron chi connectivity index (χ4n) is 3.97. The second-order valence-electron chi connectivity index (χ2n) is 7.53. The molecule has 3 aromatic carbocycles. The van der Waals surface area contributed by atoms with E-state index < -0.39 is 5.97 Å². The molecule has 0 unspecified atom stereocenters. The summed E-state index contributed by atoms with van der Waals surface area (Å²) in [5, 5.41) is 1.79. The molecule has 1 saturated carbocycles. The summed E-state index contributed by atoms with van der Waals surface area (Å²) in [7, 11) is 0. The summed E-state index contributed by atoms with van der Waals surface area (Å²) in [6.07, 6.45) is 6.16. The molecular weight excluding hydrogens is 364 g/mol. The molecule has 1 fully saturated rings. The maximum Gasteiger partial charge on any atom is 0.344 e. The number of carbonyl (C=O) groups excluding carboxylic acids is 2. The lowest BCUT2D eigenvalue weighted by Gasteiger charge is -2.12. The Kier molecular flexibility index (Phi) is 5.89. The molecule has 4 rings (SSSR count). The Morgan fingerprint density at radius 2 is 1.45 bits per heavy atom. The van der Waals surface area contributed by atoms with E-state index >= 15 is 0 Å². The fourth-order valence-corrected chi connectivity index (χ4v) is 3.97. The highest BCUT2D eigenvalue weighted by Gasteiger charge is 2.19. The van der Waals surface area contributed by atoms with E-state index in [9.17, 15) is 9.59 Å². The van der Waals surface area contributed by atoms with Crippen LogP contribution in [0, 0.1) is 5.92 Å². The largest absolute Gasteiger partial charge is 0.423 e. The van der Waals surface area contributed by atoms with Crippen LogP contribution in [0.2, 0.25) is 0 Å². The van der Waals surface area contributed by atoms with Crippen LogP contribution in [0.1, 0.15) is 48.9 Å². The van der Waals surface area contributed by atoms with Crippen molar-refractivity contribution in [2.24, 2.45) is 5.92 Å². The number of para-hydroxylation sites is 2. The van der Waals surface area contributed by atoms with Crippen molar-refractivity contribution < 1.29 is 19.1 Å². The number of carbonyl (C=O) groups is 2. The van der Waals surface area contributed by atoms with Crippen LogP contribution in [-0.2, 0) is 4.79 Å². The lowest BCUT2D eigenvalue weighted by atomic mass is 10.0. The molecule has 1 aliphatic rings. The fraction of sp³-hybridized carbons (Fsp3) is 0.280. The Morgan fingerprint density at radius 3 is 2.24 bits per heavy atom. The first kappa shape index (κ1) is 19.2. The zero-order valence-corrected chi connectivity index (χ0v) is 16.3. The van der Waals surface area contributed by atoms with Gasteiger partial charge in [0.2, 0.25) is 0 Å². The van der Waals surface area contributed by atoms with E-state index in [0.717, 1.165) is 17.2 Å². The zero-order chi connectivity index (χ0) is 20.1. The van der Waals surface area contributed by atoms with Gasteiger partial charge in [-0.05, 0) is 41.3 Å². The summed E-state index contributed by atoms with van der Waals surface area (Å²) in [5.74, 6) is 0.390. The van der Waals surface area contributed by atoms with Crippen molar-refractivity contribution in [3.8, 4) is 11.5 Å². The summed E-state index contributed by atoms with van der Waals surface area (Å²) in [5.41, 5.74) is 0.477. The zero-order valence-electron chi connectivity index (χ0n) is 16.3. The van der Waals surface area contributed by atoms with Crippen molar-refractivity contribution in [2.75, 3.05) is 0 Å². The van der Waals surface area contributed by atoms with Gasteiger partial charge in [-0.2, -0.15) is 0 Å². The van der Waals surface area contributed by atoms with Crippen LogP contribution in [0.4, 0.5) is 0 Å². The molecule has 4 nitrogen and oxygen atoms in total. The first-order valence-electron chi connectivity index (χ1n) is 10.2. The van der Waals surface area contributed by atoms with Crippen molar-refractivity contribution in [2.45, 2.75) is 38.5 Å². The van der Waals surface area contributed by atoms with Gasteiger partial charge < -0.3 is 9.47 Å². The van der Waals surface area contributed by atoms with Gasteiger partial charge in [-0.25, -0.2) is 4.79 Å². The van der Waals surface area contributed by atoms with Crippen LogP contribution >= 0.6 is 0 Å². The van der Waals surface area contributed by atoms with Crippen molar-refractivity contribution in [3.05, 3.63) is 72.3 Å². The second kappa shape index (κ2) is 8.91. The molecule has 3 aromatic rings. The molecule has 0 spiro atoms. The Balaban J connectivity index is 1.46. The summed E-state index contributed by atoms with van der Waals surface area (Å²) >= 11 is 0. The van der Waals surface area contributed by atoms with Gasteiger partial charge in [-0.3, -0.25) is 4.79 Å². The van der Waals surface area contributed by atoms with E-state index in [1.807, 2.05) is 36.4 Å². The number of fused-ring (bicyclic) bond motifs is 1. The first-order chi connectivity index (χ1) is 14.2. The minimum atomic E-state index is -0.476. The number of benzene rings is 3. The van der Waals surface area contributed by atoms with Crippen molar-refractivity contribution in [1.29, 1.82) is 0 Å². The number of rotatable bonds is 6. The number of esters is 2. The minimum absolute atomic E-state index is 0.250. The average molecular weight is 388 g/mol. The van der Waals surface area contributed by atoms with E-state index in [1.54, 1.807) is 30.3 Å². The van der Waals surface area contributed by atoms with Gasteiger partial charge in [0.1, 0.15) is 0 Å². The van der Waals surface area contributed by atoms with Crippen molar-refractivity contribution >= 4 is 22.7 Å². The van der Waals surface area contributed by atoms with Crippen LogP contribution in [0.25, 0.3) is 10.8 Å². The molecule has 0 atom stereocenters. The van der Waals surface area contributed by atoms with Crippen LogP contribution in [0.15, 0.2) is 66.7 Å². The quantitative estimate of drug-likeness (QED) is 0.388. The normalized spacial score (nSPS) is 14.1. The Labute approximate surface area is 170 Å². The smallest absolute Gasteiger partial charge is 0.344 e. The van der Waals surface area contributed by atoms with E-state index in [-0.39, 0.29) is 17.5 Å². The van der Waals surface area contributed by atoms with Gasteiger partial charge in [-0.1, -0.05) is 74.2 Å². The third-order valence-electron chi connectivity index (χ3n) is 5.52. The van der Waals surface area contributed by atoms with Crippen LogP contribution < -0.4 is 9.47 Å². The SMILES string of the molecule is O=C(CCC1CCCC1)Oc1ccccc1OC(=O)c1cccc2ccccc12. The summed E-state index contributed by atoms with van der Waals surface area (Å²) in [4.78, 5) is 25.1. The molecule has 0 aliphatic heterocycles. The van der Waals surface area contributed by atoms with Crippen LogP contribution in [-0.4, -0.2) is 11.9 Å². The van der Waals surface area contributed by atoms with Gasteiger partial charge in [0.15, 0.2) is 11.5 Å². The number of ether oxygens (including phenoxy) is 2. The Bertz CT molecular complexity index is 1010. The summed E-state index contributed by atoms with van der Waals surface area (Å²) in [6, 6.07) is 20.0. The van der Waals surface area contributed by atoms with Crippen molar-refractivity contribution in [1.82, 2.24) is 0 Å². The predicted octanol–water partition coefficient (Wildman–Crippen LogP) is 5.93. The molecule has 0 bridgehead atoms. The van der Waals surface area contributed by atoms with Gasteiger partial charge >= 0.3 is 11.9 Å². The lowest BCUT2D eigenvalue weighted by Crippen LogP contribution is -2.13. The third kappa shape index (κ3) is 4.65. The van der Waals surface area contributed by atoms with Crippen LogP contribution in [0.3, 0.4) is 0 Å². The highest BCUT2D eigenvalue weighted by atomic mass is 16.6. The molecule has 0 N–H and O–H groups in total. The molecule has 29 heavy (non-hydrogen) atoms. The molecule has 0 radical (unpaired) electrons. The average Bonchev–Trinajstić information content (AvgIpc) is 3.27. The third-order valence-corrected chi connectivity index (χ3v) is 5.52. The molecular formula is C25H24O4. The standard InChI is InChI=1S/C25H24O4/c26-24(17-16-18-8-1-2-9-18)28-22-14-5-6-15-23(22)29-25(27)21-13-7-11-19-10-3-4-12-20(19)21/h3-7,10-15,18H,1-2,8-9,16-17H2. The maximum absolute atomic E-state index is 12.8. The first-order valence-corrected chi connectivity index (χ1v) is 10.2. The van der Waals surface area contributed by atoms with Gasteiger partial charge in [0, 0.05) is 6.42 Å². The predicted molar refractivity (Wildman–Crippen MR) is 112 cm³/mol. The molecule has 0 saturated heterocycles. The van der Waals surface area contributed by atoms with Crippen molar-refractivity contribution in [3.63, 3.8) is 0 Å². The molecule has 4 heteroatoms. The molecule has 0 aromatic heterocycles. The maximum atomic E-state index is 12.8. The second-order valence-corrected chi connectivity index (χ2v) is 7.53. The molecule has 0 heterocycles. The van der Waals surface area contributed by atoms with E-state index in [2.05, 4.69) is 0 Å². The summed E-state index contributed by atoms with van der Waals surface area (Å²) < 4.78 is 11.1. The Hall–Kier alpha value is -3.14. The molecule has 0 amide bonds. The monoisotopic (exact) mass is 388 g/mol. The lowest BCUT2D eigenvalue weighted by molar-refractivity contribution is -0.134. The number of hydrogen-bond donors (Lipinski definition) is 0. The van der Waals surface area contributed by atoms with Gasteiger partial charge in [-0.15, -0.1) is 0 Å². The number of hydrogen-bond acceptors (Lipinski definition) is 4. The topological polar surface area (TPSA) is 52.6 Å². The van der Waals surface area contributed by atoms with Gasteiger partial charge in [0.05, 0.1) is 5.56 Å². The van der Waals surface area contributed by atoms with Crippen LogP contribution in [0.5, 0.6) is 11.5 Å². The van der Waals surface area contributed by atoms with E-state index in [0.29, 0.717) is 17.9 Å².